The molecule has 136 valence electrons. The van der Waals surface area contributed by atoms with Crippen molar-refractivity contribution >= 4 is 21.4 Å². The molecule has 1 aliphatic heterocycles. The molecule has 0 atom stereocenters. The molecule has 0 saturated carbocycles. The number of piperidine rings is 1. The van der Waals surface area contributed by atoms with Gasteiger partial charge in [0.1, 0.15) is 5.69 Å². The number of hydrogen-bond donors (Lipinski definition) is 0. The summed E-state index contributed by atoms with van der Waals surface area (Å²) in [5.74, 6) is 0.838. The average molecular weight is 381 g/mol. The molecular weight excluding hydrogens is 356 g/mol. The van der Waals surface area contributed by atoms with Gasteiger partial charge in [0.05, 0.1) is 28.0 Å². The molecule has 6 nitrogen and oxygen atoms in total. The Hall–Kier alpha value is -1.38. The van der Waals surface area contributed by atoms with Gasteiger partial charge in [-0.3, -0.25) is 4.98 Å². The molecule has 2 aromatic rings. The van der Waals surface area contributed by atoms with Gasteiger partial charge in [-0.05, 0) is 18.8 Å². The van der Waals surface area contributed by atoms with E-state index in [1.54, 1.807) is 28.0 Å². The van der Waals surface area contributed by atoms with Crippen molar-refractivity contribution < 1.29 is 8.42 Å². The third-order valence-electron chi connectivity index (χ3n) is 4.38. The van der Waals surface area contributed by atoms with Gasteiger partial charge in [0, 0.05) is 37.8 Å². The second-order valence-electron chi connectivity index (χ2n) is 6.98. The highest BCUT2D eigenvalue weighted by atomic mass is 32.2. The summed E-state index contributed by atoms with van der Waals surface area (Å²) >= 11 is 1.67. The van der Waals surface area contributed by atoms with Gasteiger partial charge in [-0.1, -0.05) is 13.8 Å². The number of rotatable bonds is 5. The van der Waals surface area contributed by atoms with Crippen LogP contribution in [0.3, 0.4) is 0 Å². The molecule has 0 amide bonds. The molecule has 3 heterocycles. The Morgan fingerprint density at radius 1 is 1.24 bits per heavy atom. The summed E-state index contributed by atoms with van der Waals surface area (Å²) in [5, 5.41) is 1.12. The van der Waals surface area contributed by atoms with Gasteiger partial charge in [-0.25, -0.2) is 22.7 Å². The smallest absolute Gasteiger partial charge is 0.211 e. The minimum Gasteiger partial charge on any atom is -0.261 e. The van der Waals surface area contributed by atoms with Crippen LogP contribution < -0.4 is 0 Å². The van der Waals surface area contributed by atoms with E-state index >= 15 is 0 Å². The number of thiazole rings is 1. The minimum atomic E-state index is -3.10. The largest absolute Gasteiger partial charge is 0.261 e. The summed E-state index contributed by atoms with van der Waals surface area (Å²) < 4.78 is 24.8. The molecule has 0 unspecified atom stereocenters. The van der Waals surface area contributed by atoms with Gasteiger partial charge in [0.15, 0.2) is 0 Å². The first-order valence-corrected chi connectivity index (χ1v) is 11.2. The van der Waals surface area contributed by atoms with Crippen LogP contribution in [0.1, 0.15) is 43.3 Å². The molecular formula is C17H24N4O2S2. The van der Waals surface area contributed by atoms with E-state index in [1.165, 1.54) is 6.26 Å². The molecule has 2 aromatic heterocycles. The Balaban J connectivity index is 1.73. The molecule has 0 aliphatic carbocycles. The van der Waals surface area contributed by atoms with Gasteiger partial charge in [0.25, 0.3) is 0 Å². The highest BCUT2D eigenvalue weighted by Gasteiger charge is 2.26. The van der Waals surface area contributed by atoms with Crippen molar-refractivity contribution in [1.29, 1.82) is 0 Å². The minimum absolute atomic E-state index is 0.258. The summed E-state index contributed by atoms with van der Waals surface area (Å²) in [6.07, 6.45) is 9.28. The number of sulfonamides is 1. The molecule has 0 aromatic carbocycles. The van der Waals surface area contributed by atoms with Crippen LogP contribution in [0, 0.1) is 5.92 Å². The van der Waals surface area contributed by atoms with Crippen LogP contribution in [-0.2, 0) is 16.4 Å². The summed E-state index contributed by atoms with van der Waals surface area (Å²) in [6, 6.07) is 0. The van der Waals surface area contributed by atoms with E-state index in [-0.39, 0.29) is 5.92 Å². The van der Waals surface area contributed by atoms with Crippen molar-refractivity contribution in [3.8, 4) is 10.6 Å². The lowest BCUT2D eigenvalue weighted by molar-refractivity contribution is 0.318. The zero-order valence-electron chi connectivity index (χ0n) is 14.8. The molecule has 1 aliphatic rings. The van der Waals surface area contributed by atoms with Gasteiger partial charge >= 0.3 is 0 Å². The average Bonchev–Trinajstić information content (AvgIpc) is 3.02. The summed E-state index contributed by atoms with van der Waals surface area (Å²) in [5.41, 5.74) is 1.81. The van der Waals surface area contributed by atoms with Crippen molar-refractivity contribution in [1.82, 2.24) is 19.3 Å². The van der Waals surface area contributed by atoms with Gasteiger partial charge in [-0.2, -0.15) is 0 Å². The van der Waals surface area contributed by atoms with E-state index in [1.807, 2.05) is 6.20 Å². The van der Waals surface area contributed by atoms with E-state index in [4.69, 9.17) is 4.98 Å². The maximum atomic E-state index is 11.6. The monoisotopic (exact) mass is 380 g/mol. The van der Waals surface area contributed by atoms with Crippen molar-refractivity contribution in [3.05, 3.63) is 29.3 Å². The zero-order valence-corrected chi connectivity index (χ0v) is 16.5. The van der Waals surface area contributed by atoms with Crippen molar-refractivity contribution in [2.75, 3.05) is 19.3 Å². The summed E-state index contributed by atoms with van der Waals surface area (Å²) in [7, 11) is -3.10. The van der Waals surface area contributed by atoms with Crippen molar-refractivity contribution in [3.63, 3.8) is 0 Å². The highest BCUT2D eigenvalue weighted by Crippen LogP contribution is 2.30. The number of nitrogens with zero attached hydrogens (tertiary/aromatic N) is 4. The van der Waals surface area contributed by atoms with Crippen molar-refractivity contribution in [2.45, 2.75) is 39.0 Å². The second kappa shape index (κ2) is 7.47. The Kier molecular flexibility index (Phi) is 5.50. The van der Waals surface area contributed by atoms with Crippen LogP contribution in [0.15, 0.2) is 18.6 Å². The third-order valence-corrected chi connectivity index (χ3v) is 6.73. The Labute approximate surface area is 153 Å². The van der Waals surface area contributed by atoms with Gasteiger partial charge < -0.3 is 0 Å². The second-order valence-corrected chi connectivity index (χ2v) is 10.1. The van der Waals surface area contributed by atoms with E-state index in [0.29, 0.717) is 19.0 Å². The standard InChI is InChI=1S/C17H24N4O2S2/c1-12(2)8-17-19-11-16(24-17)15-10-18-9-14(20-15)13-4-6-21(7-5-13)25(3,22)23/h9-13H,4-8H2,1-3H3. The fourth-order valence-electron chi connectivity index (χ4n) is 3.05. The maximum absolute atomic E-state index is 11.6. The zero-order chi connectivity index (χ0) is 18.0. The SMILES string of the molecule is CC(C)Cc1ncc(-c2cncc(C3CCN(S(C)(=O)=O)CC3)n2)s1. The molecule has 1 saturated heterocycles. The first kappa shape index (κ1) is 18.4. The first-order chi connectivity index (χ1) is 11.8. The van der Waals surface area contributed by atoms with Crippen molar-refractivity contribution in [2.24, 2.45) is 5.92 Å². The Bertz CT molecular complexity index is 825. The lowest BCUT2D eigenvalue weighted by atomic mass is 9.95. The van der Waals surface area contributed by atoms with Crippen LogP contribution in [0.5, 0.6) is 0 Å². The van der Waals surface area contributed by atoms with E-state index in [2.05, 4.69) is 23.8 Å². The molecule has 0 spiro atoms. The highest BCUT2D eigenvalue weighted by molar-refractivity contribution is 7.88. The first-order valence-electron chi connectivity index (χ1n) is 8.55. The van der Waals surface area contributed by atoms with Gasteiger partial charge in [0.2, 0.25) is 10.0 Å². The Morgan fingerprint density at radius 2 is 1.96 bits per heavy atom. The van der Waals surface area contributed by atoms with Gasteiger partial charge in [-0.15, -0.1) is 11.3 Å². The molecule has 3 rings (SSSR count). The van der Waals surface area contributed by atoms with Crippen LogP contribution in [-0.4, -0.2) is 47.0 Å². The topological polar surface area (TPSA) is 76.1 Å². The molecule has 0 bridgehead atoms. The van der Waals surface area contributed by atoms with E-state index in [0.717, 1.165) is 40.5 Å². The third kappa shape index (κ3) is 4.62. The fraction of sp³-hybridized carbons (Fsp3) is 0.588. The maximum Gasteiger partial charge on any atom is 0.211 e. The molecule has 1 fully saturated rings. The lowest BCUT2D eigenvalue weighted by Crippen LogP contribution is -2.37. The summed E-state index contributed by atoms with van der Waals surface area (Å²) in [4.78, 5) is 14.7. The van der Waals surface area contributed by atoms with E-state index < -0.39 is 10.0 Å². The predicted octanol–water partition coefficient (Wildman–Crippen LogP) is 2.94. The fourth-order valence-corrected chi connectivity index (χ4v) is 5.01. The normalized spacial score (nSPS) is 17.3. The molecule has 0 N–H and O–H groups in total. The number of aromatic nitrogens is 3. The molecule has 0 radical (unpaired) electrons. The van der Waals surface area contributed by atoms with Crippen LogP contribution in [0.25, 0.3) is 10.6 Å². The quantitative estimate of drug-likeness (QED) is 0.797. The van der Waals surface area contributed by atoms with E-state index in [9.17, 15) is 8.42 Å². The predicted molar refractivity (Wildman–Crippen MR) is 100 cm³/mol. The molecule has 25 heavy (non-hydrogen) atoms. The summed E-state index contributed by atoms with van der Waals surface area (Å²) in [6.45, 7) is 5.47. The molecule has 8 heteroatoms. The van der Waals surface area contributed by atoms with Crippen LogP contribution in [0.2, 0.25) is 0 Å². The van der Waals surface area contributed by atoms with Crippen LogP contribution in [0.4, 0.5) is 0 Å². The number of hydrogen-bond acceptors (Lipinski definition) is 6. The lowest BCUT2D eigenvalue weighted by Gasteiger charge is -2.29. The Morgan fingerprint density at radius 3 is 2.60 bits per heavy atom. The van der Waals surface area contributed by atoms with Crippen LogP contribution >= 0.6 is 11.3 Å².